The monoisotopic (exact) mass is 353 g/mol. The smallest absolute Gasteiger partial charge is 0.496 e. The molecular weight excluding hydrogens is 330 g/mol. The second-order valence-electron chi connectivity index (χ2n) is 5.63. The van der Waals surface area contributed by atoms with Crippen molar-refractivity contribution in [1.29, 1.82) is 0 Å². The van der Waals surface area contributed by atoms with Gasteiger partial charge >= 0.3 is 18.9 Å². The van der Waals surface area contributed by atoms with Gasteiger partial charge in [-0.2, -0.15) is 0 Å². The molecule has 0 aromatic heterocycles. The van der Waals surface area contributed by atoms with Gasteiger partial charge in [-0.15, -0.1) is 0 Å². The van der Waals surface area contributed by atoms with Crippen LogP contribution in [0.5, 0.6) is 17.2 Å². The zero-order chi connectivity index (χ0) is 17.9. The molecule has 6 heteroatoms. The second kappa shape index (κ2) is 9.29. The van der Waals surface area contributed by atoms with Gasteiger partial charge in [0.2, 0.25) is 0 Å². The van der Waals surface area contributed by atoms with Crippen LogP contribution in [0.15, 0.2) is 24.3 Å². The second-order valence-corrected chi connectivity index (χ2v) is 6.84. The van der Waals surface area contributed by atoms with Gasteiger partial charge in [0.05, 0.1) is 26.6 Å². The van der Waals surface area contributed by atoms with Crippen LogP contribution in [0, 0.1) is 20.8 Å². The number of carbonyl (C=O) groups excluding carboxylic acids is 1. The summed E-state index contributed by atoms with van der Waals surface area (Å²) in [5, 5.41) is 0.755. The molecule has 1 unspecified atom stereocenters. The maximum absolute atomic E-state index is 12.9. The van der Waals surface area contributed by atoms with Crippen molar-refractivity contribution in [2.24, 2.45) is 0 Å². The summed E-state index contributed by atoms with van der Waals surface area (Å²) in [6.07, 6.45) is 0. The molecule has 0 bridgehead atoms. The van der Waals surface area contributed by atoms with Crippen LogP contribution in [0.1, 0.15) is 27.0 Å². The first-order valence-corrected chi connectivity index (χ1v) is 8.60. The van der Waals surface area contributed by atoms with Crippen LogP contribution in [0.25, 0.3) is 0 Å². The summed E-state index contributed by atoms with van der Waals surface area (Å²) in [4.78, 5) is 12.9. The number of rotatable bonds is 6. The van der Waals surface area contributed by atoms with Crippen LogP contribution >= 0.6 is 8.58 Å². The van der Waals surface area contributed by atoms with E-state index < -0.39 is 0 Å². The van der Waals surface area contributed by atoms with Crippen LogP contribution in [0.2, 0.25) is 0 Å². The van der Waals surface area contributed by atoms with E-state index in [0.29, 0.717) is 17.2 Å². The van der Waals surface area contributed by atoms with Gasteiger partial charge in [-0.25, -0.2) is 0 Å². The Kier molecular flexibility index (Phi) is 8.02. The molecule has 0 aliphatic carbocycles. The van der Waals surface area contributed by atoms with Gasteiger partial charge in [0.25, 0.3) is 0 Å². The summed E-state index contributed by atoms with van der Waals surface area (Å²) in [5.74, 6) is 1.83. The van der Waals surface area contributed by atoms with Crippen molar-refractivity contribution < 1.29 is 37.9 Å². The van der Waals surface area contributed by atoms with Crippen molar-refractivity contribution in [1.82, 2.24) is 0 Å². The minimum Gasteiger partial charge on any atom is -0.496 e. The molecule has 0 spiro atoms. The molecule has 0 aliphatic rings. The van der Waals surface area contributed by atoms with Crippen molar-refractivity contribution in [2.75, 3.05) is 21.3 Å². The Morgan fingerprint density at radius 1 is 0.840 bits per heavy atom. The molecule has 4 nitrogen and oxygen atoms in total. The normalized spacial score (nSPS) is 10.5. The molecule has 0 radical (unpaired) electrons. The minimum absolute atomic E-state index is 0. The Bertz CT molecular complexity index is 726. The average molecular weight is 353 g/mol. The largest absolute Gasteiger partial charge is 1.00 e. The summed E-state index contributed by atoms with van der Waals surface area (Å²) in [6.45, 7) is 5.98. The standard InChI is InChI=1S/C19H23O4P.Li/c1-11-7-12(2)17(13(3)8-11)19(20)24-18-15(22-5)9-14(21-4)10-16(18)23-6;/h7-10,24H,1-6H3;/q;+1. The molecule has 0 N–H and O–H groups in total. The first-order valence-electron chi connectivity index (χ1n) is 7.60. The van der Waals surface area contributed by atoms with Crippen molar-refractivity contribution in [3.63, 3.8) is 0 Å². The van der Waals surface area contributed by atoms with E-state index in [-0.39, 0.29) is 33.0 Å². The molecule has 2 aromatic carbocycles. The quantitative estimate of drug-likeness (QED) is 0.569. The third kappa shape index (κ3) is 4.79. The SMILES string of the molecule is COc1cc(OC)c(PC(=O)c2c(C)cc(C)cc2C)c(OC)c1.[Li+]. The molecule has 0 saturated heterocycles. The molecule has 0 saturated carbocycles. The van der Waals surface area contributed by atoms with Gasteiger partial charge in [-0.1, -0.05) is 17.7 Å². The van der Waals surface area contributed by atoms with Gasteiger partial charge in [0.15, 0.2) is 5.52 Å². The topological polar surface area (TPSA) is 44.8 Å². The number of ether oxygens (including phenoxy) is 3. The third-order valence-corrected chi connectivity index (χ3v) is 5.08. The Balaban J connectivity index is 0.00000312. The van der Waals surface area contributed by atoms with E-state index in [0.717, 1.165) is 27.6 Å². The summed E-state index contributed by atoms with van der Waals surface area (Å²) in [7, 11) is 4.65. The van der Waals surface area contributed by atoms with E-state index in [9.17, 15) is 4.79 Å². The molecule has 2 aromatic rings. The van der Waals surface area contributed by atoms with Crippen molar-refractivity contribution in [2.45, 2.75) is 20.8 Å². The molecule has 0 aliphatic heterocycles. The van der Waals surface area contributed by atoms with E-state index in [1.807, 2.05) is 32.9 Å². The van der Waals surface area contributed by atoms with Crippen LogP contribution in [-0.4, -0.2) is 26.9 Å². The predicted molar refractivity (Wildman–Crippen MR) is 99.0 cm³/mol. The summed E-state index contributed by atoms with van der Waals surface area (Å²) in [6, 6.07) is 7.61. The molecule has 25 heavy (non-hydrogen) atoms. The van der Waals surface area contributed by atoms with E-state index in [2.05, 4.69) is 0 Å². The van der Waals surface area contributed by atoms with E-state index in [1.54, 1.807) is 33.5 Å². The number of carbonyl (C=O) groups is 1. The Hall–Kier alpha value is -1.46. The average Bonchev–Trinajstić information content (AvgIpc) is 2.53. The molecular formula is C19H23LiO4P+. The summed E-state index contributed by atoms with van der Waals surface area (Å²) in [5.41, 5.74) is 4.00. The number of hydrogen-bond acceptors (Lipinski definition) is 4. The van der Waals surface area contributed by atoms with E-state index >= 15 is 0 Å². The zero-order valence-corrected chi connectivity index (χ0v) is 16.9. The maximum Gasteiger partial charge on any atom is 1.00 e. The predicted octanol–water partition coefficient (Wildman–Crippen LogP) is 0.786. The number of benzene rings is 2. The fourth-order valence-corrected chi connectivity index (χ4v) is 4.18. The number of hydrogen-bond donors (Lipinski definition) is 0. The third-order valence-electron chi connectivity index (χ3n) is 3.86. The minimum atomic E-state index is -0.0901. The van der Waals surface area contributed by atoms with Crippen molar-refractivity contribution >= 4 is 19.4 Å². The van der Waals surface area contributed by atoms with Crippen LogP contribution in [0.3, 0.4) is 0 Å². The first kappa shape index (κ1) is 21.6. The van der Waals surface area contributed by atoms with Crippen LogP contribution in [-0.2, 0) is 0 Å². The molecule has 128 valence electrons. The Labute approximate surface area is 163 Å². The fraction of sp³-hybridized carbons (Fsp3) is 0.316. The van der Waals surface area contributed by atoms with E-state index in [4.69, 9.17) is 14.2 Å². The van der Waals surface area contributed by atoms with Gasteiger partial charge in [-0.05, 0) is 40.5 Å². The molecule has 0 amide bonds. The van der Waals surface area contributed by atoms with Crippen LogP contribution < -0.4 is 38.4 Å². The van der Waals surface area contributed by atoms with E-state index in [1.165, 1.54) is 0 Å². The number of methoxy groups -OCH3 is 3. The first-order chi connectivity index (χ1) is 11.4. The van der Waals surface area contributed by atoms with Crippen molar-refractivity contribution in [3.8, 4) is 17.2 Å². The molecule has 1 atom stereocenters. The Morgan fingerprint density at radius 3 is 1.72 bits per heavy atom. The summed E-state index contributed by atoms with van der Waals surface area (Å²) < 4.78 is 16.1. The van der Waals surface area contributed by atoms with Gasteiger partial charge < -0.3 is 14.2 Å². The summed E-state index contributed by atoms with van der Waals surface area (Å²) >= 11 is 0. The zero-order valence-electron chi connectivity index (χ0n) is 15.9. The molecule has 0 heterocycles. The van der Waals surface area contributed by atoms with Crippen molar-refractivity contribution in [3.05, 3.63) is 46.5 Å². The van der Waals surface area contributed by atoms with Crippen LogP contribution in [0.4, 0.5) is 0 Å². The fourth-order valence-electron chi connectivity index (χ4n) is 2.84. The van der Waals surface area contributed by atoms with Gasteiger partial charge in [0.1, 0.15) is 17.2 Å². The number of aryl methyl sites for hydroxylation is 3. The van der Waals surface area contributed by atoms with Gasteiger partial charge in [-0.3, -0.25) is 4.79 Å². The van der Waals surface area contributed by atoms with Gasteiger partial charge in [0, 0.05) is 17.7 Å². The molecule has 2 rings (SSSR count). The maximum atomic E-state index is 12.9. The Morgan fingerprint density at radius 2 is 1.32 bits per heavy atom. The molecule has 0 fully saturated rings.